The topological polar surface area (TPSA) is 55.8 Å². The maximum absolute atomic E-state index is 12.5. The third-order valence-electron chi connectivity index (χ3n) is 6.34. The summed E-state index contributed by atoms with van der Waals surface area (Å²) in [5, 5.41) is 11.4. The molecule has 1 aliphatic rings. The summed E-state index contributed by atoms with van der Waals surface area (Å²) in [5.74, 6) is -0.601. The van der Waals surface area contributed by atoms with Crippen LogP contribution in [0.15, 0.2) is 23.8 Å². The van der Waals surface area contributed by atoms with Gasteiger partial charge >= 0.3 is 5.97 Å². The zero-order valence-electron chi connectivity index (χ0n) is 17.4. The summed E-state index contributed by atoms with van der Waals surface area (Å²) in [6.45, 7) is 20.6. The molecule has 0 aromatic rings. The summed E-state index contributed by atoms with van der Waals surface area (Å²) in [4.78, 5) is 12.5. The van der Waals surface area contributed by atoms with Gasteiger partial charge in [-0.25, -0.2) is 4.79 Å². The summed E-state index contributed by atoms with van der Waals surface area (Å²) >= 11 is 0. The lowest BCUT2D eigenvalue weighted by molar-refractivity contribution is -0.179. The molecule has 0 saturated carbocycles. The van der Waals surface area contributed by atoms with Gasteiger partial charge in [-0.1, -0.05) is 46.3 Å². The Morgan fingerprint density at radius 2 is 1.92 bits per heavy atom. The van der Waals surface area contributed by atoms with E-state index in [-0.39, 0.29) is 17.6 Å². The third-order valence-corrected chi connectivity index (χ3v) is 10.8. The number of rotatable bonds is 5. The van der Waals surface area contributed by atoms with Gasteiger partial charge in [0.2, 0.25) is 0 Å². The first kappa shape index (κ1) is 22.1. The van der Waals surface area contributed by atoms with E-state index >= 15 is 0 Å². The monoisotopic (exact) mass is 368 g/mol. The highest BCUT2D eigenvalue weighted by Crippen LogP contribution is 2.51. The van der Waals surface area contributed by atoms with Crippen LogP contribution >= 0.6 is 0 Å². The van der Waals surface area contributed by atoms with Gasteiger partial charge in [0.1, 0.15) is 0 Å². The second-order valence-electron chi connectivity index (χ2n) is 9.20. The van der Waals surface area contributed by atoms with Crippen LogP contribution in [0.5, 0.6) is 0 Å². The van der Waals surface area contributed by atoms with Crippen LogP contribution in [-0.2, 0) is 14.0 Å². The normalized spacial score (nSPS) is 27.2. The van der Waals surface area contributed by atoms with Crippen molar-refractivity contribution in [3.8, 4) is 0 Å². The minimum Gasteiger partial charge on any atom is -0.467 e. The standard InChI is InChI=1S/C20H36O4Si/c1-11-12-15-14(2)16(24-25(9,10)18(3,4)5)13-20(22,17(21)23-8)19(15,6)7/h11,16,22H,1,12-13H2,2-10H3/t16-,20+/m0/s1. The van der Waals surface area contributed by atoms with Crippen molar-refractivity contribution in [2.75, 3.05) is 7.11 Å². The minimum absolute atomic E-state index is 0.0439. The average molecular weight is 369 g/mol. The van der Waals surface area contributed by atoms with E-state index in [0.717, 1.165) is 11.1 Å². The van der Waals surface area contributed by atoms with Crippen LogP contribution < -0.4 is 0 Å². The van der Waals surface area contributed by atoms with Gasteiger partial charge in [0, 0.05) is 11.8 Å². The molecule has 0 radical (unpaired) electrons. The largest absolute Gasteiger partial charge is 0.467 e. The lowest BCUT2D eigenvalue weighted by Crippen LogP contribution is -2.59. The van der Waals surface area contributed by atoms with Gasteiger partial charge in [-0.3, -0.25) is 0 Å². The van der Waals surface area contributed by atoms with Crippen LogP contribution in [0.2, 0.25) is 18.1 Å². The van der Waals surface area contributed by atoms with Crippen LogP contribution in [0.3, 0.4) is 0 Å². The number of allylic oxidation sites excluding steroid dienone is 1. The first-order chi connectivity index (χ1) is 11.2. The molecule has 5 heteroatoms. The summed E-state index contributed by atoms with van der Waals surface area (Å²) in [6, 6.07) is 0. The highest BCUT2D eigenvalue weighted by molar-refractivity contribution is 6.74. The highest BCUT2D eigenvalue weighted by atomic mass is 28.4. The third kappa shape index (κ3) is 3.78. The van der Waals surface area contributed by atoms with E-state index in [1.165, 1.54) is 7.11 Å². The van der Waals surface area contributed by atoms with E-state index in [4.69, 9.17) is 9.16 Å². The number of carbonyl (C=O) groups excluding carboxylic acids is 1. The summed E-state index contributed by atoms with van der Waals surface area (Å²) in [6.07, 6.45) is 2.33. The van der Waals surface area contributed by atoms with Crippen molar-refractivity contribution in [1.82, 2.24) is 0 Å². The number of hydrogen-bond acceptors (Lipinski definition) is 4. The van der Waals surface area contributed by atoms with E-state index in [1.807, 2.05) is 19.9 Å². The number of carbonyl (C=O) groups is 1. The minimum atomic E-state index is -2.06. The maximum atomic E-state index is 12.5. The quantitative estimate of drug-likeness (QED) is 0.437. The zero-order chi connectivity index (χ0) is 19.8. The van der Waals surface area contributed by atoms with Crippen LogP contribution in [0, 0.1) is 5.41 Å². The summed E-state index contributed by atoms with van der Waals surface area (Å²) in [5.41, 5.74) is -0.258. The van der Waals surface area contributed by atoms with Crippen molar-refractivity contribution in [3.05, 3.63) is 23.8 Å². The molecule has 0 unspecified atom stereocenters. The Balaban J connectivity index is 3.47. The van der Waals surface area contributed by atoms with Gasteiger partial charge in [-0.2, -0.15) is 0 Å². The molecule has 1 N–H and O–H groups in total. The molecule has 25 heavy (non-hydrogen) atoms. The molecule has 0 aliphatic heterocycles. The molecule has 0 amide bonds. The van der Waals surface area contributed by atoms with Gasteiger partial charge in [-0.15, -0.1) is 6.58 Å². The van der Waals surface area contributed by atoms with E-state index in [9.17, 15) is 9.90 Å². The molecular formula is C20H36O4Si. The molecule has 144 valence electrons. The molecule has 0 saturated heterocycles. The zero-order valence-corrected chi connectivity index (χ0v) is 18.4. The Bertz CT molecular complexity index is 569. The molecule has 1 rings (SSSR count). The van der Waals surface area contributed by atoms with E-state index in [1.54, 1.807) is 0 Å². The van der Waals surface area contributed by atoms with E-state index < -0.39 is 25.3 Å². The van der Waals surface area contributed by atoms with E-state index in [0.29, 0.717) is 6.42 Å². The van der Waals surface area contributed by atoms with E-state index in [2.05, 4.69) is 47.4 Å². The van der Waals surface area contributed by atoms with Gasteiger partial charge < -0.3 is 14.3 Å². The molecule has 4 nitrogen and oxygen atoms in total. The van der Waals surface area contributed by atoms with Crippen molar-refractivity contribution >= 4 is 14.3 Å². The fraction of sp³-hybridized carbons (Fsp3) is 0.750. The average Bonchev–Trinajstić information content (AvgIpc) is 2.47. The van der Waals surface area contributed by atoms with Crippen LogP contribution in [-0.4, -0.2) is 38.2 Å². The van der Waals surface area contributed by atoms with Crippen molar-refractivity contribution in [2.45, 2.75) is 84.2 Å². The number of esters is 1. The molecular weight excluding hydrogens is 332 g/mol. The predicted molar refractivity (Wildman–Crippen MR) is 105 cm³/mol. The molecule has 0 aromatic heterocycles. The Morgan fingerprint density at radius 3 is 2.32 bits per heavy atom. The lowest BCUT2D eigenvalue weighted by Gasteiger charge is -2.51. The second-order valence-corrected chi connectivity index (χ2v) is 14.0. The van der Waals surface area contributed by atoms with Gasteiger partial charge in [-0.05, 0) is 37.0 Å². The van der Waals surface area contributed by atoms with Crippen molar-refractivity contribution in [1.29, 1.82) is 0 Å². The molecule has 2 atom stereocenters. The molecule has 0 heterocycles. The summed E-state index contributed by atoms with van der Waals surface area (Å²) < 4.78 is 11.5. The number of hydrogen-bond donors (Lipinski definition) is 1. The van der Waals surface area contributed by atoms with Crippen molar-refractivity contribution in [3.63, 3.8) is 0 Å². The lowest BCUT2D eigenvalue weighted by atomic mass is 9.61. The Kier molecular flexibility index (Phi) is 6.20. The number of methoxy groups -OCH3 is 1. The Morgan fingerprint density at radius 1 is 1.40 bits per heavy atom. The van der Waals surface area contributed by atoms with Gasteiger partial charge in [0.25, 0.3) is 0 Å². The first-order valence-corrected chi connectivity index (χ1v) is 11.9. The predicted octanol–water partition coefficient (Wildman–Crippen LogP) is 4.60. The molecule has 0 spiro atoms. The van der Waals surface area contributed by atoms with Crippen LogP contribution in [0.1, 0.15) is 54.4 Å². The molecule has 1 aliphatic carbocycles. The van der Waals surface area contributed by atoms with Gasteiger partial charge in [0.15, 0.2) is 13.9 Å². The molecule has 0 aromatic carbocycles. The maximum Gasteiger partial charge on any atom is 0.338 e. The molecule has 0 bridgehead atoms. The summed E-state index contributed by atoms with van der Waals surface area (Å²) in [7, 11) is -0.746. The van der Waals surface area contributed by atoms with Crippen LogP contribution in [0.25, 0.3) is 0 Å². The number of ether oxygens (including phenoxy) is 1. The second kappa shape index (κ2) is 7.01. The Labute approximate surface area is 154 Å². The first-order valence-electron chi connectivity index (χ1n) is 8.95. The number of aliphatic hydroxyl groups is 1. The smallest absolute Gasteiger partial charge is 0.338 e. The fourth-order valence-electron chi connectivity index (χ4n) is 3.34. The highest BCUT2D eigenvalue weighted by Gasteiger charge is 2.58. The fourth-order valence-corrected chi connectivity index (χ4v) is 4.67. The van der Waals surface area contributed by atoms with Gasteiger partial charge in [0.05, 0.1) is 13.2 Å². The molecule has 0 fully saturated rings. The van der Waals surface area contributed by atoms with Crippen LogP contribution in [0.4, 0.5) is 0 Å². The van der Waals surface area contributed by atoms with Crippen molar-refractivity contribution < 1.29 is 19.1 Å². The Hall–Kier alpha value is -0.913. The van der Waals surface area contributed by atoms with Crippen molar-refractivity contribution in [2.24, 2.45) is 5.41 Å². The SMILES string of the molecule is C=CCC1=C(C)[C@@H](O[Si](C)(C)C(C)(C)C)C[C@@](O)(C(=O)OC)C1(C)C.